The van der Waals surface area contributed by atoms with Crippen LogP contribution in [0.4, 0.5) is 0 Å². The normalized spacial score (nSPS) is 14.0. The maximum absolute atomic E-state index is 12.6. The lowest BCUT2D eigenvalue weighted by molar-refractivity contribution is -0.131. The molecule has 1 fully saturated rings. The largest absolute Gasteiger partial charge is 0.334 e. The molecule has 1 heterocycles. The number of hydrogen-bond donors (Lipinski definition) is 1. The summed E-state index contributed by atoms with van der Waals surface area (Å²) in [5.41, 5.74) is 0.927. The highest BCUT2D eigenvalue weighted by Crippen LogP contribution is 2.24. The van der Waals surface area contributed by atoms with E-state index in [0.717, 1.165) is 23.3 Å². The Balaban J connectivity index is 1.56. The summed E-state index contributed by atoms with van der Waals surface area (Å²) in [5, 5.41) is 0. The van der Waals surface area contributed by atoms with E-state index in [1.165, 1.54) is 11.3 Å². The number of rotatable bonds is 10. The second-order valence-corrected chi connectivity index (χ2v) is 10.3. The molecule has 1 N–H and O–H groups in total. The van der Waals surface area contributed by atoms with Crippen molar-refractivity contribution in [2.75, 3.05) is 6.54 Å². The topological polar surface area (TPSA) is 66.5 Å². The third-order valence-corrected chi connectivity index (χ3v) is 7.19. The smallest absolute Gasteiger partial charge is 0.240 e. The highest BCUT2D eigenvalue weighted by Gasteiger charge is 2.27. The van der Waals surface area contributed by atoms with Crippen LogP contribution in [0.2, 0.25) is 4.34 Å². The van der Waals surface area contributed by atoms with Crippen LogP contribution in [0.1, 0.15) is 29.7 Å². The molecule has 0 bridgehead atoms. The van der Waals surface area contributed by atoms with Crippen LogP contribution >= 0.6 is 22.9 Å². The first-order chi connectivity index (χ1) is 13.4. The van der Waals surface area contributed by atoms with Gasteiger partial charge < -0.3 is 4.90 Å². The lowest BCUT2D eigenvalue weighted by atomic mass is 10.1. The second kappa shape index (κ2) is 9.22. The molecule has 1 aromatic carbocycles. The van der Waals surface area contributed by atoms with Crippen LogP contribution in [0.5, 0.6) is 0 Å². The van der Waals surface area contributed by atoms with Crippen molar-refractivity contribution in [3.05, 3.63) is 63.8 Å². The maximum atomic E-state index is 12.6. The Labute approximate surface area is 175 Å². The molecule has 1 aliphatic carbocycles. The van der Waals surface area contributed by atoms with Gasteiger partial charge in [-0.3, -0.25) is 4.79 Å². The van der Waals surface area contributed by atoms with E-state index in [9.17, 15) is 13.2 Å². The Morgan fingerprint density at radius 1 is 1.25 bits per heavy atom. The van der Waals surface area contributed by atoms with Crippen LogP contribution in [0.25, 0.3) is 0 Å². The fourth-order valence-corrected chi connectivity index (χ4v) is 5.18. The van der Waals surface area contributed by atoms with Gasteiger partial charge in [0, 0.05) is 23.9 Å². The van der Waals surface area contributed by atoms with Gasteiger partial charge in [0.05, 0.1) is 15.8 Å². The minimum atomic E-state index is -3.44. The van der Waals surface area contributed by atoms with Gasteiger partial charge in [0.1, 0.15) is 0 Å². The van der Waals surface area contributed by atoms with Crippen molar-refractivity contribution in [2.45, 2.75) is 43.2 Å². The highest BCUT2D eigenvalue weighted by molar-refractivity contribution is 7.89. The van der Waals surface area contributed by atoms with Crippen LogP contribution in [0.3, 0.4) is 0 Å². The first-order valence-corrected chi connectivity index (χ1v) is 11.8. The molecule has 0 radical (unpaired) electrons. The number of aryl methyl sites for hydroxylation is 1. The van der Waals surface area contributed by atoms with Gasteiger partial charge in [0.15, 0.2) is 0 Å². The fraction of sp³-hybridized carbons (Fsp3) is 0.350. The zero-order valence-corrected chi connectivity index (χ0v) is 17.8. The van der Waals surface area contributed by atoms with E-state index < -0.39 is 10.0 Å². The zero-order valence-electron chi connectivity index (χ0n) is 15.4. The summed E-state index contributed by atoms with van der Waals surface area (Å²) in [6.07, 6.45) is 4.41. The van der Waals surface area contributed by atoms with E-state index in [-0.39, 0.29) is 16.8 Å². The van der Waals surface area contributed by atoms with Crippen molar-refractivity contribution in [3.8, 4) is 0 Å². The Hall–Kier alpha value is -1.67. The van der Waals surface area contributed by atoms with E-state index in [1.54, 1.807) is 35.2 Å². The van der Waals surface area contributed by atoms with Crippen LogP contribution in [0.15, 0.2) is 53.9 Å². The summed E-state index contributed by atoms with van der Waals surface area (Å²) < 4.78 is 27.8. The van der Waals surface area contributed by atoms with Crippen molar-refractivity contribution in [3.63, 3.8) is 0 Å². The first-order valence-electron chi connectivity index (χ1n) is 9.11. The van der Waals surface area contributed by atoms with Gasteiger partial charge in [-0.25, -0.2) is 13.1 Å². The molecule has 1 aromatic heterocycles. The van der Waals surface area contributed by atoms with E-state index in [0.29, 0.717) is 30.3 Å². The number of carbonyl (C=O) groups is 1. The number of hydrogen-bond acceptors (Lipinski definition) is 4. The Morgan fingerprint density at radius 2 is 1.96 bits per heavy atom. The third-order valence-electron chi connectivity index (χ3n) is 4.44. The number of nitrogens with zero attached hydrogens (tertiary/aromatic N) is 1. The molecule has 1 amide bonds. The molecular formula is C20H23ClN2O3S2. The van der Waals surface area contributed by atoms with E-state index in [1.807, 2.05) is 12.1 Å². The lowest BCUT2D eigenvalue weighted by Crippen LogP contribution is -2.30. The molecule has 28 heavy (non-hydrogen) atoms. The molecule has 0 unspecified atom stereocenters. The predicted octanol–water partition coefficient (Wildman–Crippen LogP) is 3.99. The van der Waals surface area contributed by atoms with Crippen LogP contribution < -0.4 is 4.72 Å². The van der Waals surface area contributed by atoms with Crippen molar-refractivity contribution in [1.29, 1.82) is 0 Å². The van der Waals surface area contributed by atoms with Crippen LogP contribution in [-0.2, 0) is 27.8 Å². The quantitative estimate of drug-likeness (QED) is 0.570. The Bertz CT molecular complexity index is 935. The van der Waals surface area contributed by atoms with Crippen molar-refractivity contribution >= 4 is 38.9 Å². The fourth-order valence-electron chi connectivity index (χ4n) is 2.77. The number of thiophene rings is 1. The summed E-state index contributed by atoms with van der Waals surface area (Å²) >= 11 is 7.43. The second-order valence-electron chi connectivity index (χ2n) is 6.81. The van der Waals surface area contributed by atoms with Gasteiger partial charge >= 0.3 is 0 Å². The zero-order chi connectivity index (χ0) is 20.1. The standard InChI is InChI=1S/C20H23ClN2O3S2/c1-2-13-23(14-17-8-11-19(21)27-17)20(24)12-5-15-3-9-18(10-4-15)28(25,26)22-16-6-7-16/h2-4,8-11,16,22H,1,5-7,12-14H2. The summed E-state index contributed by atoms with van der Waals surface area (Å²) in [4.78, 5) is 15.6. The summed E-state index contributed by atoms with van der Waals surface area (Å²) in [7, 11) is -3.44. The molecule has 0 spiro atoms. The van der Waals surface area contributed by atoms with Crippen molar-refractivity contribution in [1.82, 2.24) is 9.62 Å². The van der Waals surface area contributed by atoms with E-state index >= 15 is 0 Å². The number of carbonyl (C=O) groups excluding carboxylic acids is 1. The van der Waals surface area contributed by atoms with Crippen molar-refractivity contribution < 1.29 is 13.2 Å². The third kappa shape index (κ3) is 5.91. The van der Waals surface area contributed by atoms with Gasteiger partial charge in [-0.2, -0.15) is 0 Å². The average Bonchev–Trinajstić information content (AvgIpc) is 3.37. The Morgan fingerprint density at radius 3 is 2.54 bits per heavy atom. The van der Waals surface area contributed by atoms with Crippen molar-refractivity contribution in [2.24, 2.45) is 0 Å². The number of amides is 1. The minimum absolute atomic E-state index is 0.0246. The number of nitrogens with one attached hydrogen (secondary N) is 1. The molecule has 1 aliphatic rings. The monoisotopic (exact) mass is 438 g/mol. The van der Waals surface area contributed by atoms with Gasteiger partial charge in [0.2, 0.25) is 15.9 Å². The van der Waals surface area contributed by atoms with E-state index in [4.69, 9.17) is 11.6 Å². The van der Waals surface area contributed by atoms with Crippen LogP contribution in [0, 0.1) is 0 Å². The molecule has 1 saturated carbocycles. The Kier molecular flexibility index (Phi) is 6.93. The molecule has 8 heteroatoms. The van der Waals surface area contributed by atoms with Gasteiger partial charge in [0.25, 0.3) is 0 Å². The summed E-state index contributed by atoms with van der Waals surface area (Å²) in [6, 6.07) is 10.6. The van der Waals surface area contributed by atoms with Gasteiger partial charge in [-0.1, -0.05) is 29.8 Å². The SMILES string of the molecule is C=CCN(Cc1ccc(Cl)s1)C(=O)CCc1ccc(S(=O)(=O)NC2CC2)cc1. The molecule has 0 aliphatic heterocycles. The molecule has 150 valence electrons. The summed E-state index contributed by atoms with van der Waals surface area (Å²) in [6.45, 7) is 4.70. The molecule has 2 aromatic rings. The number of benzene rings is 1. The molecule has 0 saturated heterocycles. The molecular weight excluding hydrogens is 416 g/mol. The number of halogens is 1. The number of sulfonamides is 1. The lowest BCUT2D eigenvalue weighted by Gasteiger charge is -2.20. The van der Waals surface area contributed by atoms with E-state index in [2.05, 4.69) is 11.3 Å². The van der Waals surface area contributed by atoms with Gasteiger partial charge in [-0.15, -0.1) is 17.9 Å². The predicted molar refractivity (Wildman–Crippen MR) is 113 cm³/mol. The minimum Gasteiger partial charge on any atom is -0.334 e. The molecule has 3 rings (SSSR count). The first kappa shape index (κ1) is 21.0. The van der Waals surface area contributed by atoms with Crippen LogP contribution in [-0.4, -0.2) is 31.8 Å². The molecule has 5 nitrogen and oxygen atoms in total. The molecule has 0 atom stereocenters. The maximum Gasteiger partial charge on any atom is 0.240 e. The average molecular weight is 439 g/mol. The highest BCUT2D eigenvalue weighted by atomic mass is 35.5. The van der Waals surface area contributed by atoms with Gasteiger partial charge in [-0.05, 0) is 49.1 Å². The summed E-state index contributed by atoms with van der Waals surface area (Å²) in [5.74, 6) is 0.0246.